The Balaban J connectivity index is 1.44. The van der Waals surface area contributed by atoms with Gasteiger partial charge >= 0.3 is 0 Å². The minimum absolute atomic E-state index is 0.0517. The Labute approximate surface area is 179 Å². The van der Waals surface area contributed by atoms with Crippen molar-refractivity contribution in [2.24, 2.45) is 39.9 Å². The number of rotatable bonds is 3. The van der Waals surface area contributed by atoms with E-state index in [4.69, 9.17) is 0 Å². The van der Waals surface area contributed by atoms with Crippen molar-refractivity contribution in [3.05, 3.63) is 22.8 Å². The van der Waals surface area contributed by atoms with Gasteiger partial charge in [0.25, 0.3) is 0 Å². The van der Waals surface area contributed by atoms with Gasteiger partial charge in [0.1, 0.15) is 0 Å². The molecule has 0 aromatic rings. The van der Waals surface area contributed by atoms with E-state index in [9.17, 15) is 5.11 Å². The average Bonchev–Trinajstić information content (AvgIpc) is 2.99. The van der Waals surface area contributed by atoms with Crippen molar-refractivity contribution in [1.29, 1.82) is 0 Å². The van der Waals surface area contributed by atoms with E-state index in [0.29, 0.717) is 16.7 Å². The number of hydrogen-bond acceptors (Lipinski definition) is 1. The summed E-state index contributed by atoms with van der Waals surface area (Å²) < 4.78 is 0. The molecular formula is C28H44O. The number of fused-ring (bicyclic) bond motifs is 4. The first-order valence-electron chi connectivity index (χ1n) is 12.8. The molecule has 2 fully saturated rings. The summed E-state index contributed by atoms with van der Waals surface area (Å²) in [5, 5.41) is 10.7. The first-order valence-corrected chi connectivity index (χ1v) is 12.8. The fourth-order valence-electron chi connectivity index (χ4n) is 9.00. The van der Waals surface area contributed by atoms with Gasteiger partial charge in [-0.1, -0.05) is 65.5 Å². The van der Waals surface area contributed by atoms with Gasteiger partial charge in [0.2, 0.25) is 0 Å². The molecule has 162 valence electrons. The second-order valence-corrected chi connectivity index (χ2v) is 12.7. The maximum absolute atomic E-state index is 10.7. The molecule has 29 heavy (non-hydrogen) atoms. The summed E-state index contributed by atoms with van der Waals surface area (Å²) in [6, 6.07) is 0. The normalized spacial score (nSPS) is 45.0. The topological polar surface area (TPSA) is 20.2 Å². The minimum atomic E-state index is -0.126. The number of aliphatic hydroxyl groups excluding tert-OH is 1. The van der Waals surface area contributed by atoms with Crippen LogP contribution in [0.25, 0.3) is 0 Å². The van der Waals surface area contributed by atoms with Crippen LogP contribution < -0.4 is 0 Å². The lowest BCUT2D eigenvalue weighted by atomic mass is 9.46. The van der Waals surface area contributed by atoms with Gasteiger partial charge in [-0.3, -0.25) is 0 Å². The van der Waals surface area contributed by atoms with Crippen LogP contribution in [0.15, 0.2) is 22.8 Å². The van der Waals surface area contributed by atoms with E-state index in [1.165, 1.54) is 64.2 Å². The van der Waals surface area contributed by atoms with Crippen molar-refractivity contribution < 1.29 is 5.11 Å². The van der Waals surface area contributed by atoms with Crippen molar-refractivity contribution in [3.63, 3.8) is 0 Å². The minimum Gasteiger partial charge on any atom is -0.393 e. The van der Waals surface area contributed by atoms with Crippen LogP contribution in [0.2, 0.25) is 0 Å². The molecule has 2 saturated carbocycles. The summed E-state index contributed by atoms with van der Waals surface area (Å²) in [6.45, 7) is 12.4. The molecule has 0 aromatic heterocycles. The summed E-state index contributed by atoms with van der Waals surface area (Å²) in [7, 11) is 0. The predicted molar refractivity (Wildman–Crippen MR) is 122 cm³/mol. The zero-order valence-corrected chi connectivity index (χ0v) is 19.7. The lowest BCUT2D eigenvalue weighted by Crippen LogP contribution is -2.53. The third-order valence-corrected chi connectivity index (χ3v) is 11.0. The van der Waals surface area contributed by atoms with Crippen molar-refractivity contribution >= 4 is 0 Å². The number of allylic oxidation sites excluding steroid dienone is 4. The van der Waals surface area contributed by atoms with Crippen LogP contribution in [-0.2, 0) is 0 Å². The standard InChI is InChI=1S/C28H44O/c1-18(17-19-7-6-8-19)21-10-11-22-20-9-12-24-26(2,3)25(29)14-16-28(24,5)23(20)13-15-27(21,22)4/h11,18-19,21,24-25,29H,6-10,12-17H2,1-5H3/t18-,21-,24+,25+,27-,28-/m1/s1. The quantitative estimate of drug-likeness (QED) is 0.525. The molecule has 1 N–H and O–H groups in total. The Kier molecular flexibility index (Phi) is 4.71. The molecule has 0 heterocycles. The van der Waals surface area contributed by atoms with Gasteiger partial charge in [0.15, 0.2) is 0 Å². The Morgan fingerprint density at radius 1 is 1.00 bits per heavy atom. The molecule has 0 amide bonds. The zero-order valence-electron chi connectivity index (χ0n) is 19.7. The third-order valence-electron chi connectivity index (χ3n) is 11.0. The van der Waals surface area contributed by atoms with Gasteiger partial charge in [0, 0.05) is 0 Å². The highest BCUT2D eigenvalue weighted by Crippen LogP contribution is 2.66. The number of aliphatic hydroxyl groups is 1. The summed E-state index contributed by atoms with van der Waals surface area (Å²) in [5.74, 6) is 3.40. The highest BCUT2D eigenvalue weighted by atomic mass is 16.3. The fourth-order valence-corrected chi connectivity index (χ4v) is 9.00. The van der Waals surface area contributed by atoms with Gasteiger partial charge in [-0.2, -0.15) is 0 Å². The maximum Gasteiger partial charge on any atom is 0.0594 e. The first kappa shape index (κ1) is 20.3. The lowest BCUT2D eigenvalue weighted by Gasteiger charge is -2.59. The molecule has 1 nitrogen and oxygen atoms in total. The van der Waals surface area contributed by atoms with Gasteiger partial charge in [-0.15, -0.1) is 0 Å². The molecule has 1 heteroatoms. The summed E-state index contributed by atoms with van der Waals surface area (Å²) in [6.07, 6.45) is 17.2. The summed E-state index contributed by atoms with van der Waals surface area (Å²) >= 11 is 0. The van der Waals surface area contributed by atoms with Gasteiger partial charge in [-0.05, 0) is 102 Å². The maximum atomic E-state index is 10.7. The van der Waals surface area contributed by atoms with E-state index in [-0.39, 0.29) is 11.5 Å². The Bertz CT molecular complexity index is 737. The largest absolute Gasteiger partial charge is 0.393 e. The smallest absolute Gasteiger partial charge is 0.0594 e. The second-order valence-electron chi connectivity index (χ2n) is 12.7. The van der Waals surface area contributed by atoms with Crippen LogP contribution in [0, 0.1) is 39.9 Å². The van der Waals surface area contributed by atoms with Crippen molar-refractivity contribution in [2.45, 2.75) is 111 Å². The molecule has 0 aromatic carbocycles. The lowest BCUT2D eigenvalue weighted by molar-refractivity contribution is -0.0905. The highest BCUT2D eigenvalue weighted by Gasteiger charge is 2.57. The Morgan fingerprint density at radius 3 is 2.45 bits per heavy atom. The van der Waals surface area contributed by atoms with Crippen molar-refractivity contribution in [2.75, 3.05) is 0 Å². The number of hydrogen-bond donors (Lipinski definition) is 1. The van der Waals surface area contributed by atoms with E-state index < -0.39 is 0 Å². The van der Waals surface area contributed by atoms with Crippen molar-refractivity contribution in [3.8, 4) is 0 Å². The predicted octanol–water partition coefficient (Wildman–Crippen LogP) is 7.45. The van der Waals surface area contributed by atoms with Crippen molar-refractivity contribution in [1.82, 2.24) is 0 Å². The second kappa shape index (κ2) is 6.72. The summed E-state index contributed by atoms with van der Waals surface area (Å²) in [5.41, 5.74) is 6.15. The molecule has 5 aliphatic rings. The SMILES string of the molecule is C[C@H](CC1CCC1)[C@H]1CC=C2C3=C(CC[C@@]21C)[C@@]1(C)CC[C@H](O)C(C)(C)[C@@H]1CC3. The molecule has 0 bridgehead atoms. The molecule has 6 atom stereocenters. The van der Waals surface area contributed by atoms with Crippen LogP contribution >= 0.6 is 0 Å². The van der Waals surface area contributed by atoms with Gasteiger partial charge < -0.3 is 5.11 Å². The highest BCUT2D eigenvalue weighted by molar-refractivity contribution is 5.49. The van der Waals surface area contributed by atoms with Crippen LogP contribution in [0.5, 0.6) is 0 Å². The Morgan fingerprint density at radius 2 is 1.76 bits per heavy atom. The molecule has 0 aliphatic heterocycles. The van der Waals surface area contributed by atoms with Crippen LogP contribution in [0.1, 0.15) is 105 Å². The summed E-state index contributed by atoms with van der Waals surface area (Å²) in [4.78, 5) is 0. The molecule has 5 rings (SSSR count). The molecule has 5 aliphatic carbocycles. The van der Waals surface area contributed by atoms with Crippen LogP contribution in [-0.4, -0.2) is 11.2 Å². The zero-order chi connectivity index (χ0) is 20.6. The van der Waals surface area contributed by atoms with E-state index >= 15 is 0 Å². The molecule has 0 saturated heterocycles. The molecule has 0 spiro atoms. The third kappa shape index (κ3) is 2.81. The monoisotopic (exact) mass is 396 g/mol. The van der Waals surface area contributed by atoms with Crippen LogP contribution in [0.3, 0.4) is 0 Å². The van der Waals surface area contributed by atoms with E-state index in [0.717, 1.165) is 24.2 Å². The first-order chi connectivity index (χ1) is 13.7. The van der Waals surface area contributed by atoms with Crippen LogP contribution in [0.4, 0.5) is 0 Å². The van der Waals surface area contributed by atoms with Gasteiger partial charge in [0.05, 0.1) is 6.10 Å². The fraction of sp³-hybridized carbons (Fsp3) is 0.857. The van der Waals surface area contributed by atoms with E-state index in [2.05, 4.69) is 40.7 Å². The molecule has 0 radical (unpaired) electrons. The van der Waals surface area contributed by atoms with Gasteiger partial charge in [-0.25, -0.2) is 0 Å². The molecule has 0 unspecified atom stereocenters. The molecular weight excluding hydrogens is 352 g/mol. The Hall–Kier alpha value is -0.560. The average molecular weight is 397 g/mol. The van der Waals surface area contributed by atoms with E-state index in [1.54, 1.807) is 11.1 Å². The van der Waals surface area contributed by atoms with E-state index in [1.807, 2.05) is 5.57 Å².